The van der Waals surface area contributed by atoms with Gasteiger partial charge in [0, 0.05) is 24.8 Å². The first kappa shape index (κ1) is 15.3. The maximum atomic E-state index is 12.0. The third-order valence-electron chi connectivity index (χ3n) is 2.94. The minimum atomic E-state index is -0.295. The van der Waals surface area contributed by atoms with Gasteiger partial charge in [-0.2, -0.15) is 0 Å². The van der Waals surface area contributed by atoms with E-state index in [1.54, 1.807) is 16.7 Å². The van der Waals surface area contributed by atoms with Gasteiger partial charge < -0.3 is 15.5 Å². The van der Waals surface area contributed by atoms with Gasteiger partial charge >= 0.3 is 0 Å². The summed E-state index contributed by atoms with van der Waals surface area (Å²) in [5.74, 6) is 1.35. The molecule has 0 aliphatic carbocycles. The molecule has 0 spiro atoms. The van der Waals surface area contributed by atoms with Gasteiger partial charge in [-0.3, -0.25) is 9.59 Å². The monoisotopic (exact) mass is 273 g/mol. The summed E-state index contributed by atoms with van der Waals surface area (Å²) in [4.78, 5) is 25.4. The molecular weight excluding hydrogens is 250 g/mol. The van der Waals surface area contributed by atoms with E-state index in [2.05, 4.69) is 10.6 Å². The van der Waals surface area contributed by atoms with Crippen LogP contribution >= 0.6 is 11.8 Å². The van der Waals surface area contributed by atoms with Crippen molar-refractivity contribution < 1.29 is 9.59 Å². The maximum absolute atomic E-state index is 12.0. The molecule has 6 heteroatoms. The van der Waals surface area contributed by atoms with Crippen molar-refractivity contribution in [2.45, 2.75) is 39.3 Å². The molecule has 0 aromatic carbocycles. The second-order valence-corrected chi connectivity index (χ2v) is 5.44. The van der Waals surface area contributed by atoms with Crippen molar-refractivity contribution >= 4 is 23.6 Å². The lowest BCUT2D eigenvalue weighted by atomic mass is 10.2. The molecule has 2 amide bonds. The van der Waals surface area contributed by atoms with Gasteiger partial charge in [-0.1, -0.05) is 13.8 Å². The van der Waals surface area contributed by atoms with E-state index < -0.39 is 0 Å². The number of likely N-dealkylation sites (N-methyl/N-ethyl adjacent to an activating group) is 1. The molecule has 1 saturated heterocycles. The van der Waals surface area contributed by atoms with Crippen molar-refractivity contribution in [3.05, 3.63) is 0 Å². The summed E-state index contributed by atoms with van der Waals surface area (Å²) in [5.41, 5.74) is 0. The second-order valence-electron chi connectivity index (χ2n) is 4.44. The molecule has 1 fully saturated rings. The van der Waals surface area contributed by atoms with E-state index in [1.807, 2.05) is 20.8 Å². The van der Waals surface area contributed by atoms with Crippen LogP contribution < -0.4 is 10.6 Å². The van der Waals surface area contributed by atoms with Crippen LogP contribution in [0.2, 0.25) is 0 Å². The molecule has 2 N–H and O–H groups in total. The first-order chi connectivity index (χ1) is 8.60. The van der Waals surface area contributed by atoms with Crippen molar-refractivity contribution in [1.82, 2.24) is 15.5 Å². The van der Waals surface area contributed by atoms with Gasteiger partial charge in [0.15, 0.2) is 0 Å². The molecule has 0 saturated carbocycles. The van der Waals surface area contributed by atoms with E-state index in [4.69, 9.17) is 0 Å². The number of nitrogens with one attached hydrogen (secondary N) is 2. The number of hydrogen-bond donors (Lipinski definition) is 2. The molecule has 2 atom stereocenters. The highest BCUT2D eigenvalue weighted by molar-refractivity contribution is 7.99. The van der Waals surface area contributed by atoms with Crippen molar-refractivity contribution in [2.24, 2.45) is 0 Å². The average molecular weight is 273 g/mol. The van der Waals surface area contributed by atoms with Crippen LogP contribution in [0.3, 0.4) is 0 Å². The number of carbonyl (C=O) groups is 2. The molecule has 5 nitrogen and oxygen atoms in total. The summed E-state index contributed by atoms with van der Waals surface area (Å²) in [6.45, 7) is 7.38. The summed E-state index contributed by atoms with van der Waals surface area (Å²) in [6.07, 6.45) is 0.456. The van der Waals surface area contributed by atoms with Gasteiger partial charge in [-0.05, 0) is 13.5 Å². The van der Waals surface area contributed by atoms with Crippen LogP contribution in [0.15, 0.2) is 0 Å². The Balaban J connectivity index is 2.43. The molecule has 1 unspecified atom stereocenters. The Hall–Kier alpha value is -0.750. The first-order valence-electron chi connectivity index (χ1n) is 6.48. The zero-order valence-corrected chi connectivity index (χ0v) is 12.2. The number of thioether (sulfide) groups is 1. The van der Waals surface area contributed by atoms with Gasteiger partial charge in [-0.15, -0.1) is 11.8 Å². The minimum absolute atomic E-state index is 0.0356. The SMILES string of the molecule is CCN[C@H](C)CNC(=O)C1CSCN1C(=O)CC. The fourth-order valence-corrected chi connectivity index (χ4v) is 3.08. The summed E-state index contributed by atoms with van der Waals surface area (Å²) < 4.78 is 0. The lowest BCUT2D eigenvalue weighted by Crippen LogP contribution is -2.49. The summed E-state index contributed by atoms with van der Waals surface area (Å²) >= 11 is 1.64. The molecular formula is C12H23N3O2S. The molecule has 1 rings (SSSR count). The third-order valence-corrected chi connectivity index (χ3v) is 3.96. The second kappa shape index (κ2) is 7.63. The molecule has 18 heavy (non-hydrogen) atoms. The predicted molar refractivity (Wildman–Crippen MR) is 74.4 cm³/mol. The molecule has 0 aromatic rings. The topological polar surface area (TPSA) is 61.4 Å². The van der Waals surface area contributed by atoms with Crippen LogP contribution in [0.5, 0.6) is 0 Å². The van der Waals surface area contributed by atoms with Crippen LogP contribution in [0.4, 0.5) is 0 Å². The molecule has 1 aliphatic rings. The maximum Gasteiger partial charge on any atom is 0.243 e. The molecule has 0 radical (unpaired) electrons. The highest BCUT2D eigenvalue weighted by Crippen LogP contribution is 2.21. The van der Waals surface area contributed by atoms with E-state index in [-0.39, 0.29) is 23.9 Å². The fraction of sp³-hybridized carbons (Fsp3) is 0.833. The van der Waals surface area contributed by atoms with E-state index in [9.17, 15) is 9.59 Å². The highest BCUT2D eigenvalue weighted by atomic mass is 32.2. The first-order valence-corrected chi connectivity index (χ1v) is 7.63. The quantitative estimate of drug-likeness (QED) is 0.736. The van der Waals surface area contributed by atoms with Crippen molar-refractivity contribution in [1.29, 1.82) is 0 Å². The van der Waals surface area contributed by atoms with Crippen LogP contribution in [-0.4, -0.2) is 53.5 Å². The Morgan fingerprint density at radius 3 is 2.78 bits per heavy atom. The van der Waals surface area contributed by atoms with E-state index >= 15 is 0 Å². The molecule has 104 valence electrons. The molecule has 0 aromatic heterocycles. The largest absolute Gasteiger partial charge is 0.353 e. The molecule has 1 aliphatic heterocycles. The standard InChI is InChI=1S/C12H23N3O2S/c1-4-11(16)15-8-18-7-10(15)12(17)14-6-9(3)13-5-2/h9-10,13H,4-8H2,1-3H3,(H,14,17)/t9-,10?/m1/s1. The number of nitrogens with zero attached hydrogens (tertiary/aromatic N) is 1. The Morgan fingerprint density at radius 1 is 1.44 bits per heavy atom. The van der Waals surface area contributed by atoms with Crippen LogP contribution in [0, 0.1) is 0 Å². The van der Waals surface area contributed by atoms with Gasteiger partial charge in [0.1, 0.15) is 6.04 Å². The van der Waals surface area contributed by atoms with E-state index in [0.29, 0.717) is 24.6 Å². The number of carbonyl (C=O) groups excluding carboxylic acids is 2. The van der Waals surface area contributed by atoms with Gasteiger partial charge in [0.2, 0.25) is 11.8 Å². The van der Waals surface area contributed by atoms with Crippen LogP contribution in [0.25, 0.3) is 0 Å². The lowest BCUT2D eigenvalue weighted by Gasteiger charge is -2.23. The number of rotatable bonds is 6. The third kappa shape index (κ3) is 4.17. The summed E-state index contributed by atoms with van der Waals surface area (Å²) in [7, 11) is 0. The van der Waals surface area contributed by atoms with E-state index in [0.717, 1.165) is 6.54 Å². The Morgan fingerprint density at radius 2 is 2.17 bits per heavy atom. The Bertz CT molecular complexity index is 299. The fourth-order valence-electron chi connectivity index (χ4n) is 1.90. The molecule has 0 bridgehead atoms. The minimum Gasteiger partial charge on any atom is -0.353 e. The van der Waals surface area contributed by atoms with Crippen molar-refractivity contribution in [2.75, 3.05) is 24.7 Å². The van der Waals surface area contributed by atoms with Gasteiger partial charge in [0.25, 0.3) is 0 Å². The number of hydrogen-bond acceptors (Lipinski definition) is 4. The lowest BCUT2D eigenvalue weighted by molar-refractivity contribution is -0.137. The van der Waals surface area contributed by atoms with Gasteiger partial charge in [0.05, 0.1) is 5.88 Å². The zero-order valence-electron chi connectivity index (χ0n) is 11.4. The van der Waals surface area contributed by atoms with Crippen LogP contribution in [0.1, 0.15) is 27.2 Å². The van der Waals surface area contributed by atoms with Crippen LogP contribution in [-0.2, 0) is 9.59 Å². The molecule has 1 heterocycles. The predicted octanol–water partition coefficient (Wildman–Crippen LogP) is 0.412. The zero-order chi connectivity index (χ0) is 13.5. The Kier molecular flexibility index (Phi) is 6.49. The smallest absolute Gasteiger partial charge is 0.243 e. The van der Waals surface area contributed by atoms with Gasteiger partial charge in [-0.25, -0.2) is 0 Å². The number of amides is 2. The van der Waals surface area contributed by atoms with E-state index in [1.165, 1.54) is 0 Å². The highest BCUT2D eigenvalue weighted by Gasteiger charge is 2.33. The van der Waals surface area contributed by atoms with Crippen molar-refractivity contribution in [3.63, 3.8) is 0 Å². The summed E-state index contributed by atoms with van der Waals surface area (Å²) in [5, 5.41) is 6.15. The van der Waals surface area contributed by atoms with Crippen molar-refractivity contribution in [3.8, 4) is 0 Å². The summed E-state index contributed by atoms with van der Waals surface area (Å²) in [6, 6.07) is -0.0420. The average Bonchev–Trinajstić information content (AvgIpc) is 2.84. The Labute approximate surface area is 113 Å². The normalized spacial score (nSPS) is 20.8.